The van der Waals surface area contributed by atoms with Gasteiger partial charge in [-0.1, -0.05) is 18.2 Å². The quantitative estimate of drug-likeness (QED) is 0.782. The van der Waals surface area contributed by atoms with Gasteiger partial charge in [-0.25, -0.2) is 4.79 Å². The van der Waals surface area contributed by atoms with Gasteiger partial charge in [0, 0.05) is 23.8 Å². The first-order valence-electron chi connectivity index (χ1n) is 8.67. The third kappa shape index (κ3) is 4.29. The second kappa shape index (κ2) is 7.57. The van der Waals surface area contributed by atoms with Crippen LogP contribution in [0.5, 0.6) is 0 Å². The summed E-state index contributed by atoms with van der Waals surface area (Å²) in [6, 6.07) is 7.46. The Kier molecular flexibility index (Phi) is 5.35. The zero-order valence-corrected chi connectivity index (χ0v) is 15.0. The number of carbonyl (C=O) groups is 2. The lowest BCUT2D eigenvalue weighted by Gasteiger charge is -2.25. The van der Waals surface area contributed by atoms with Crippen LogP contribution >= 0.6 is 0 Å². The van der Waals surface area contributed by atoms with Crippen molar-refractivity contribution < 1.29 is 32.3 Å². The van der Waals surface area contributed by atoms with Crippen LogP contribution in [0.15, 0.2) is 41.0 Å². The molecule has 1 aliphatic rings. The van der Waals surface area contributed by atoms with Crippen LogP contribution in [0.3, 0.4) is 0 Å². The van der Waals surface area contributed by atoms with E-state index in [-0.39, 0.29) is 11.8 Å². The summed E-state index contributed by atoms with van der Waals surface area (Å²) in [5.74, 6) is -2.94. The van der Waals surface area contributed by atoms with Crippen LogP contribution < -0.4 is 10.2 Å². The number of amides is 1. The maximum Gasteiger partial charge on any atom is 0.391 e. The largest absolute Gasteiger partial charge is 0.480 e. The van der Waals surface area contributed by atoms with E-state index in [2.05, 4.69) is 4.90 Å². The maximum absolute atomic E-state index is 12.5. The zero-order chi connectivity index (χ0) is 20.5. The number of nitrogens with one attached hydrogen (secondary N) is 1. The standard InChI is InChI=1S/C19H19F3N2O4/c1-11-8-12-4-2-3-5-15(12)24(11)10-13-6-7-28-16(13)17(25)23-14(18(26)27)9-19(20,21)22/h2-7,11,14H,8-10H2,1H3,(H,23,25)(H,26,27). The number of nitrogens with zero attached hydrogens (tertiary/aromatic N) is 1. The van der Waals surface area contributed by atoms with Crippen molar-refractivity contribution >= 4 is 17.6 Å². The maximum atomic E-state index is 12.5. The van der Waals surface area contributed by atoms with E-state index >= 15 is 0 Å². The molecule has 2 unspecified atom stereocenters. The summed E-state index contributed by atoms with van der Waals surface area (Å²) in [4.78, 5) is 25.5. The molecule has 3 rings (SSSR count). The molecule has 2 atom stereocenters. The number of fused-ring (bicyclic) bond motifs is 1. The van der Waals surface area contributed by atoms with Crippen LogP contribution in [0.4, 0.5) is 18.9 Å². The molecule has 6 nitrogen and oxygen atoms in total. The van der Waals surface area contributed by atoms with Gasteiger partial charge in [0.15, 0.2) is 5.76 Å². The molecule has 1 aliphatic heterocycles. The molecule has 1 aromatic carbocycles. The van der Waals surface area contributed by atoms with Crippen molar-refractivity contribution in [3.63, 3.8) is 0 Å². The number of hydrogen-bond acceptors (Lipinski definition) is 4. The van der Waals surface area contributed by atoms with Crippen LogP contribution in [0, 0.1) is 0 Å². The second-order valence-electron chi connectivity index (χ2n) is 6.77. The van der Waals surface area contributed by atoms with Crippen molar-refractivity contribution in [2.24, 2.45) is 0 Å². The van der Waals surface area contributed by atoms with Crippen LogP contribution in [-0.4, -0.2) is 35.2 Å². The van der Waals surface area contributed by atoms with E-state index in [0.29, 0.717) is 12.1 Å². The predicted molar refractivity (Wildman–Crippen MR) is 94.1 cm³/mol. The van der Waals surface area contributed by atoms with Gasteiger partial charge in [-0.3, -0.25) is 4.79 Å². The first-order chi connectivity index (χ1) is 13.2. The molecule has 2 aromatic rings. The normalized spacial score (nSPS) is 17.3. The van der Waals surface area contributed by atoms with Gasteiger partial charge in [0.25, 0.3) is 5.91 Å². The first-order valence-corrected chi connectivity index (χ1v) is 8.67. The lowest BCUT2D eigenvalue weighted by molar-refractivity contribution is -0.157. The highest BCUT2D eigenvalue weighted by Gasteiger charge is 2.37. The molecule has 0 saturated heterocycles. The summed E-state index contributed by atoms with van der Waals surface area (Å²) in [6.45, 7) is 2.35. The zero-order valence-electron chi connectivity index (χ0n) is 15.0. The Balaban J connectivity index is 1.76. The molecule has 9 heteroatoms. The fraction of sp³-hybridized carbons (Fsp3) is 0.368. The van der Waals surface area contributed by atoms with Crippen molar-refractivity contribution in [1.29, 1.82) is 0 Å². The molecule has 2 heterocycles. The van der Waals surface area contributed by atoms with Crippen molar-refractivity contribution in [3.05, 3.63) is 53.5 Å². The monoisotopic (exact) mass is 396 g/mol. The lowest BCUT2D eigenvalue weighted by Crippen LogP contribution is -2.43. The highest BCUT2D eigenvalue weighted by atomic mass is 19.4. The van der Waals surface area contributed by atoms with E-state index in [1.807, 2.05) is 36.5 Å². The summed E-state index contributed by atoms with van der Waals surface area (Å²) in [7, 11) is 0. The molecule has 0 fully saturated rings. The van der Waals surface area contributed by atoms with E-state index in [1.165, 1.54) is 11.8 Å². The van der Waals surface area contributed by atoms with Gasteiger partial charge in [0.2, 0.25) is 0 Å². The first kappa shape index (κ1) is 19.8. The summed E-state index contributed by atoms with van der Waals surface area (Å²) in [6.07, 6.45) is -4.30. The Morgan fingerprint density at radius 3 is 2.71 bits per heavy atom. The predicted octanol–water partition coefficient (Wildman–Crippen LogP) is 3.37. The Hall–Kier alpha value is -2.97. The number of para-hydroxylation sites is 1. The number of halogens is 3. The van der Waals surface area contributed by atoms with Gasteiger partial charge < -0.3 is 19.7 Å². The molecule has 0 saturated carbocycles. The number of aliphatic carboxylic acids is 1. The molecule has 150 valence electrons. The van der Waals surface area contributed by atoms with E-state index < -0.39 is 30.5 Å². The highest BCUT2D eigenvalue weighted by Crippen LogP contribution is 2.33. The lowest BCUT2D eigenvalue weighted by atomic mass is 10.1. The molecule has 28 heavy (non-hydrogen) atoms. The summed E-state index contributed by atoms with van der Waals surface area (Å²) in [5.41, 5.74) is 2.65. The third-order valence-electron chi connectivity index (χ3n) is 4.68. The van der Waals surface area contributed by atoms with Crippen LogP contribution in [0.2, 0.25) is 0 Å². The van der Waals surface area contributed by atoms with Crippen molar-refractivity contribution in [2.75, 3.05) is 4.90 Å². The van der Waals surface area contributed by atoms with Gasteiger partial charge in [-0.2, -0.15) is 13.2 Å². The molecule has 0 radical (unpaired) electrons. The fourth-order valence-corrected chi connectivity index (χ4v) is 3.37. The summed E-state index contributed by atoms with van der Waals surface area (Å²) < 4.78 is 42.8. The second-order valence-corrected chi connectivity index (χ2v) is 6.77. The molecule has 1 aromatic heterocycles. The van der Waals surface area contributed by atoms with Crippen molar-refractivity contribution in [2.45, 2.75) is 44.6 Å². The Labute approximate surface area is 158 Å². The van der Waals surface area contributed by atoms with Gasteiger partial charge in [-0.15, -0.1) is 0 Å². The average molecular weight is 396 g/mol. The third-order valence-corrected chi connectivity index (χ3v) is 4.68. The number of hydrogen-bond donors (Lipinski definition) is 2. The smallest absolute Gasteiger partial charge is 0.391 e. The van der Waals surface area contributed by atoms with E-state index in [9.17, 15) is 22.8 Å². The topological polar surface area (TPSA) is 82.8 Å². The Bertz CT molecular complexity index is 878. The van der Waals surface area contributed by atoms with Crippen LogP contribution in [-0.2, 0) is 17.8 Å². The molecular formula is C19H19F3N2O4. The van der Waals surface area contributed by atoms with Gasteiger partial charge in [-0.05, 0) is 31.0 Å². The summed E-state index contributed by atoms with van der Waals surface area (Å²) in [5, 5.41) is 10.9. The minimum absolute atomic E-state index is 0.167. The molecule has 0 bridgehead atoms. The molecular weight excluding hydrogens is 377 g/mol. The summed E-state index contributed by atoms with van der Waals surface area (Å²) >= 11 is 0. The highest BCUT2D eigenvalue weighted by molar-refractivity contribution is 5.95. The van der Waals surface area contributed by atoms with E-state index in [4.69, 9.17) is 9.52 Å². The van der Waals surface area contributed by atoms with Crippen molar-refractivity contribution in [1.82, 2.24) is 5.32 Å². The van der Waals surface area contributed by atoms with Gasteiger partial charge >= 0.3 is 12.1 Å². The molecule has 2 N–H and O–H groups in total. The van der Waals surface area contributed by atoms with Gasteiger partial charge in [0.05, 0.1) is 12.7 Å². The average Bonchev–Trinajstić information content (AvgIpc) is 3.18. The number of furan rings is 1. The minimum Gasteiger partial charge on any atom is -0.480 e. The molecule has 0 spiro atoms. The van der Waals surface area contributed by atoms with E-state index in [0.717, 1.165) is 12.1 Å². The Morgan fingerprint density at radius 2 is 2.04 bits per heavy atom. The number of carbonyl (C=O) groups excluding carboxylic acids is 1. The minimum atomic E-state index is -4.73. The fourth-order valence-electron chi connectivity index (χ4n) is 3.37. The number of anilines is 1. The number of alkyl halides is 3. The van der Waals surface area contributed by atoms with Crippen LogP contribution in [0.1, 0.15) is 35.0 Å². The number of benzene rings is 1. The van der Waals surface area contributed by atoms with Crippen LogP contribution in [0.25, 0.3) is 0 Å². The SMILES string of the molecule is CC1Cc2ccccc2N1Cc1ccoc1C(=O)NC(CC(F)(F)F)C(=O)O. The number of rotatable bonds is 6. The molecule has 1 amide bonds. The molecule has 0 aliphatic carbocycles. The van der Waals surface area contributed by atoms with E-state index in [1.54, 1.807) is 6.07 Å². The number of carboxylic acid groups (broad SMARTS) is 1. The Morgan fingerprint density at radius 1 is 1.32 bits per heavy atom. The van der Waals surface area contributed by atoms with Gasteiger partial charge in [0.1, 0.15) is 6.04 Å². The number of carboxylic acids is 1. The van der Waals surface area contributed by atoms with Crippen molar-refractivity contribution in [3.8, 4) is 0 Å².